The van der Waals surface area contributed by atoms with Gasteiger partial charge in [0, 0.05) is 18.8 Å². The smallest absolute Gasteiger partial charge is 0.293 e. The van der Waals surface area contributed by atoms with Crippen LogP contribution in [-0.2, 0) is 20.0 Å². The van der Waals surface area contributed by atoms with E-state index in [0.717, 1.165) is 33.4 Å². The molecule has 3 aromatic rings. The van der Waals surface area contributed by atoms with Gasteiger partial charge in [0.2, 0.25) is 0 Å². The summed E-state index contributed by atoms with van der Waals surface area (Å²) in [5.74, 6) is 0. The maximum atomic E-state index is 12.6. The van der Waals surface area contributed by atoms with Crippen LogP contribution in [-0.4, -0.2) is 9.13 Å². The Hall–Kier alpha value is -3.65. The molecule has 146 valence electrons. The van der Waals surface area contributed by atoms with E-state index < -0.39 is 0 Å². The molecule has 0 saturated heterocycles. The van der Waals surface area contributed by atoms with Gasteiger partial charge in [-0.15, -0.1) is 0 Å². The summed E-state index contributed by atoms with van der Waals surface area (Å²) in [6, 6.07) is 21.1. The van der Waals surface area contributed by atoms with Crippen molar-refractivity contribution in [2.24, 2.45) is 7.05 Å². The maximum absolute atomic E-state index is 12.6. The highest BCUT2D eigenvalue weighted by molar-refractivity contribution is 5.89. The second-order valence-electron chi connectivity index (χ2n) is 6.93. The number of nitrogens with zero attached hydrogens (tertiary/aromatic N) is 3. The minimum Gasteiger partial charge on any atom is -0.293 e. The zero-order valence-corrected chi connectivity index (χ0v) is 16.6. The van der Waals surface area contributed by atoms with E-state index in [1.54, 1.807) is 10.6 Å². The number of rotatable bonds is 6. The molecule has 0 amide bonds. The van der Waals surface area contributed by atoms with Crippen molar-refractivity contribution < 1.29 is 0 Å². The third-order valence-corrected chi connectivity index (χ3v) is 4.83. The van der Waals surface area contributed by atoms with E-state index in [1.165, 1.54) is 7.05 Å². The highest BCUT2D eigenvalue weighted by Crippen LogP contribution is 2.18. The number of hydrogen-bond acceptors (Lipinski definition) is 3. The van der Waals surface area contributed by atoms with E-state index in [-0.39, 0.29) is 11.2 Å². The van der Waals surface area contributed by atoms with E-state index >= 15 is 0 Å². The van der Waals surface area contributed by atoms with Gasteiger partial charge in [0.1, 0.15) is 0 Å². The van der Waals surface area contributed by atoms with Gasteiger partial charge in [-0.2, -0.15) is 5.26 Å². The predicted octanol–water partition coefficient (Wildman–Crippen LogP) is 3.61. The highest BCUT2D eigenvalue weighted by Gasteiger charge is 2.09. The van der Waals surface area contributed by atoms with Crippen molar-refractivity contribution in [2.45, 2.75) is 26.3 Å². The third-order valence-electron chi connectivity index (χ3n) is 4.83. The van der Waals surface area contributed by atoms with Gasteiger partial charge in [0.25, 0.3) is 5.56 Å². The molecule has 0 saturated carbocycles. The second-order valence-corrected chi connectivity index (χ2v) is 6.93. The van der Waals surface area contributed by atoms with Crippen LogP contribution in [0.2, 0.25) is 0 Å². The Balaban J connectivity index is 1.90. The molecule has 0 fully saturated rings. The van der Waals surface area contributed by atoms with Crippen molar-refractivity contribution in [3.63, 3.8) is 0 Å². The molecule has 0 atom stereocenters. The average molecular weight is 385 g/mol. The number of allylic oxidation sites excluding steroid dienone is 1. The third kappa shape index (κ3) is 4.61. The van der Waals surface area contributed by atoms with Crippen molar-refractivity contribution >= 4 is 11.6 Å². The molecule has 1 heterocycles. The van der Waals surface area contributed by atoms with E-state index in [2.05, 4.69) is 6.07 Å². The SMILES string of the molecule is CCCc1cc(=O)n(C)c(=O)n1Cc1ccc(/C=C(\C#N)c2ccccc2)cc1. The predicted molar refractivity (Wildman–Crippen MR) is 115 cm³/mol. The molecule has 0 aliphatic heterocycles. The Morgan fingerprint density at radius 1 is 1.07 bits per heavy atom. The van der Waals surface area contributed by atoms with Gasteiger partial charge in [-0.3, -0.25) is 13.9 Å². The fraction of sp³-hybridized carbons (Fsp3) is 0.208. The van der Waals surface area contributed by atoms with E-state index in [0.29, 0.717) is 18.5 Å². The van der Waals surface area contributed by atoms with Gasteiger partial charge in [-0.25, -0.2) is 4.79 Å². The fourth-order valence-electron chi connectivity index (χ4n) is 3.21. The molecule has 0 radical (unpaired) electrons. The second kappa shape index (κ2) is 9.03. The molecule has 5 nitrogen and oxygen atoms in total. The molecule has 0 N–H and O–H groups in total. The van der Waals surface area contributed by atoms with Crippen LogP contribution in [0.4, 0.5) is 0 Å². The number of aromatic nitrogens is 2. The molecule has 3 rings (SSSR count). The van der Waals surface area contributed by atoms with Gasteiger partial charge in [0.15, 0.2) is 0 Å². The van der Waals surface area contributed by atoms with Crippen LogP contribution in [0.1, 0.15) is 35.7 Å². The van der Waals surface area contributed by atoms with Gasteiger partial charge in [0.05, 0.1) is 18.2 Å². The minimum atomic E-state index is -0.305. The average Bonchev–Trinajstić information content (AvgIpc) is 2.75. The Morgan fingerprint density at radius 2 is 1.76 bits per heavy atom. The number of benzene rings is 2. The summed E-state index contributed by atoms with van der Waals surface area (Å²) in [6.07, 6.45) is 3.38. The van der Waals surface area contributed by atoms with Crippen LogP contribution in [0.15, 0.2) is 70.3 Å². The molecular formula is C24H23N3O2. The van der Waals surface area contributed by atoms with Crippen molar-refractivity contribution in [3.8, 4) is 6.07 Å². The lowest BCUT2D eigenvalue weighted by atomic mass is 10.0. The number of aryl methyl sites for hydroxylation is 1. The molecule has 0 aliphatic rings. The molecule has 5 heteroatoms. The van der Waals surface area contributed by atoms with E-state index in [9.17, 15) is 14.9 Å². The summed E-state index contributed by atoms with van der Waals surface area (Å²) in [6.45, 7) is 2.42. The number of nitriles is 1. The monoisotopic (exact) mass is 385 g/mol. The van der Waals surface area contributed by atoms with Crippen LogP contribution in [0, 0.1) is 11.3 Å². The van der Waals surface area contributed by atoms with Crippen LogP contribution in [0.3, 0.4) is 0 Å². The molecule has 29 heavy (non-hydrogen) atoms. The van der Waals surface area contributed by atoms with Crippen LogP contribution in [0.25, 0.3) is 11.6 Å². The molecule has 0 unspecified atom stereocenters. The first-order chi connectivity index (χ1) is 14.0. The molecule has 0 bridgehead atoms. The summed E-state index contributed by atoms with van der Waals surface area (Å²) >= 11 is 0. The largest absolute Gasteiger partial charge is 0.331 e. The summed E-state index contributed by atoms with van der Waals surface area (Å²) in [7, 11) is 1.50. The van der Waals surface area contributed by atoms with Crippen LogP contribution in [0.5, 0.6) is 0 Å². The first kappa shape index (κ1) is 20.1. The molecule has 1 aromatic heterocycles. The number of hydrogen-bond donors (Lipinski definition) is 0. The van der Waals surface area contributed by atoms with E-state index in [1.807, 2.05) is 67.6 Å². The Labute approximate surface area is 169 Å². The molecule has 0 spiro atoms. The van der Waals surface area contributed by atoms with Crippen molar-refractivity contribution in [2.75, 3.05) is 0 Å². The lowest BCUT2D eigenvalue weighted by Crippen LogP contribution is -2.39. The molecule has 2 aromatic carbocycles. The lowest BCUT2D eigenvalue weighted by molar-refractivity contribution is 0.606. The summed E-state index contributed by atoms with van der Waals surface area (Å²) in [5.41, 5.74) is 3.51. The van der Waals surface area contributed by atoms with Crippen molar-refractivity contribution in [3.05, 3.63) is 104 Å². The van der Waals surface area contributed by atoms with Crippen LogP contribution < -0.4 is 11.2 Å². The zero-order valence-electron chi connectivity index (χ0n) is 16.6. The standard InChI is InChI=1S/C24H23N3O2/c1-3-7-22-15-23(28)26(2)24(29)27(22)17-19-12-10-18(11-13-19)14-21(16-25)20-8-5-4-6-9-20/h4-6,8-15H,3,7,17H2,1-2H3/b21-14+. The maximum Gasteiger partial charge on any atom is 0.331 e. The van der Waals surface area contributed by atoms with Gasteiger partial charge in [-0.05, 0) is 29.2 Å². The highest BCUT2D eigenvalue weighted by atomic mass is 16.2. The quantitative estimate of drug-likeness (QED) is 0.481. The Morgan fingerprint density at radius 3 is 2.38 bits per heavy atom. The normalized spacial score (nSPS) is 11.3. The Bertz CT molecular complexity index is 1180. The van der Waals surface area contributed by atoms with Gasteiger partial charge in [-0.1, -0.05) is 67.9 Å². The minimum absolute atomic E-state index is 0.278. The van der Waals surface area contributed by atoms with Crippen molar-refractivity contribution in [1.82, 2.24) is 9.13 Å². The lowest BCUT2D eigenvalue weighted by Gasteiger charge is -2.13. The van der Waals surface area contributed by atoms with Crippen molar-refractivity contribution in [1.29, 1.82) is 5.26 Å². The summed E-state index contributed by atoms with van der Waals surface area (Å²) in [5, 5.41) is 9.47. The fourth-order valence-corrected chi connectivity index (χ4v) is 3.21. The topological polar surface area (TPSA) is 67.8 Å². The summed E-state index contributed by atoms with van der Waals surface area (Å²) in [4.78, 5) is 24.5. The van der Waals surface area contributed by atoms with Gasteiger partial charge >= 0.3 is 5.69 Å². The van der Waals surface area contributed by atoms with E-state index in [4.69, 9.17) is 0 Å². The summed E-state index contributed by atoms with van der Waals surface area (Å²) < 4.78 is 2.79. The van der Waals surface area contributed by atoms with Crippen LogP contribution >= 0.6 is 0 Å². The zero-order chi connectivity index (χ0) is 20.8. The Kier molecular flexibility index (Phi) is 6.25. The first-order valence-corrected chi connectivity index (χ1v) is 9.59. The molecule has 0 aliphatic carbocycles. The molecular weight excluding hydrogens is 362 g/mol. The first-order valence-electron chi connectivity index (χ1n) is 9.59. The van der Waals surface area contributed by atoms with Gasteiger partial charge < -0.3 is 0 Å².